The molecule has 0 aliphatic rings. The molecule has 4 nitrogen and oxygen atoms in total. The first kappa shape index (κ1) is 10.2. The molecule has 0 atom stereocenters. The van der Waals surface area contributed by atoms with Crippen molar-refractivity contribution in [3.05, 3.63) is 35.7 Å². The summed E-state index contributed by atoms with van der Waals surface area (Å²) in [4.78, 5) is 7.61. The molecule has 1 N–H and O–H groups in total. The van der Waals surface area contributed by atoms with E-state index in [9.17, 15) is 0 Å². The molecule has 0 fully saturated rings. The van der Waals surface area contributed by atoms with E-state index in [4.69, 9.17) is 20.8 Å². The summed E-state index contributed by atoms with van der Waals surface area (Å²) >= 11 is 5.91. The minimum Gasteiger partial charge on any atom is -0.497 e. The van der Waals surface area contributed by atoms with Gasteiger partial charge >= 0.3 is 0 Å². The lowest BCUT2D eigenvalue weighted by atomic mass is 10.3. The number of nitrogens with zero attached hydrogens (tertiary/aromatic N) is 1. The fourth-order valence-electron chi connectivity index (χ4n) is 1.71. The van der Waals surface area contributed by atoms with E-state index in [2.05, 4.69) is 9.97 Å². The highest BCUT2D eigenvalue weighted by atomic mass is 35.5. The molecule has 0 amide bonds. The molecule has 0 unspecified atom stereocenters. The van der Waals surface area contributed by atoms with E-state index in [1.54, 1.807) is 13.2 Å². The van der Waals surface area contributed by atoms with Gasteiger partial charge in [-0.3, -0.25) is 0 Å². The van der Waals surface area contributed by atoms with Crippen LogP contribution >= 0.6 is 11.6 Å². The second-order valence-corrected chi connectivity index (χ2v) is 3.92. The van der Waals surface area contributed by atoms with Crippen molar-refractivity contribution in [2.45, 2.75) is 0 Å². The Bertz CT molecular complexity index is 672. The Labute approximate surface area is 102 Å². The van der Waals surface area contributed by atoms with Gasteiger partial charge in [0.1, 0.15) is 11.6 Å². The summed E-state index contributed by atoms with van der Waals surface area (Å²) in [5.41, 5.74) is 2.51. The molecule has 0 aliphatic heterocycles. The number of aromatic amines is 1. The molecular formula is C12H9ClN2O2. The average Bonchev–Trinajstić information content (AvgIpc) is 2.93. The van der Waals surface area contributed by atoms with Gasteiger partial charge in [0.05, 0.1) is 30.0 Å². The molecule has 0 saturated heterocycles. The van der Waals surface area contributed by atoms with Crippen molar-refractivity contribution < 1.29 is 9.15 Å². The SMILES string of the molecule is COc1ccc2nc(-c3ccoc3Cl)[nH]c2c1. The van der Waals surface area contributed by atoms with Gasteiger partial charge in [0.2, 0.25) is 5.22 Å². The Morgan fingerprint density at radius 1 is 1.35 bits per heavy atom. The predicted molar refractivity (Wildman–Crippen MR) is 65.4 cm³/mol. The summed E-state index contributed by atoms with van der Waals surface area (Å²) in [5, 5.41) is 0.330. The number of fused-ring (bicyclic) bond motifs is 1. The molecule has 1 aromatic carbocycles. The van der Waals surface area contributed by atoms with E-state index < -0.39 is 0 Å². The normalized spacial score (nSPS) is 10.9. The van der Waals surface area contributed by atoms with Crippen LogP contribution in [-0.4, -0.2) is 17.1 Å². The lowest BCUT2D eigenvalue weighted by Gasteiger charge is -1.96. The van der Waals surface area contributed by atoms with E-state index in [1.165, 1.54) is 6.26 Å². The second-order valence-electron chi connectivity index (χ2n) is 3.58. The number of hydrogen-bond acceptors (Lipinski definition) is 3. The average molecular weight is 249 g/mol. The molecule has 0 aliphatic carbocycles. The van der Waals surface area contributed by atoms with Crippen molar-refractivity contribution >= 4 is 22.6 Å². The number of H-pyrrole nitrogens is 1. The van der Waals surface area contributed by atoms with Gasteiger partial charge in [-0.2, -0.15) is 0 Å². The summed E-state index contributed by atoms with van der Waals surface area (Å²) in [6, 6.07) is 7.42. The highest BCUT2D eigenvalue weighted by Gasteiger charge is 2.11. The van der Waals surface area contributed by atoms with Crippen LogP contribution in [0.15, 0.2) is 34.9 Å². The lowest BCUT2D eigenvalue weighted by molar-refractivity contribution is 0.415. The second kappa shape index (κ2) is 3.82. The number of rotatable bonds is 2. The third kappa shape index (κ3) is 1.66. The maximum atomic E-state index is 5.91. The molecule has 2 aromatic heterocycles. The van der Waals surface area contributed by atoms with Gasteiger partial charge in [0, 0.05) is 6.07 Å². The molecule has 0 radical (unpaired) electrons. The van der Waals surface area contributed by atoms with Crippen LogP contribution in [0, 0.1) is 0 Å². The minimum atomic E-state index is 0.330. The topological polar surface area (TPSA) is 51.1 Å². The van der Waals surface area contributed by atoms with Crippen LogP contribution in [-0.2, 0) is 0 Å². The monoisotopic (exact) mass is 248 g/mol. The van der Waals surface area contributed by atoms with Crippen LogP contribution in [0.3, 0.4) is 0 Å². The van der Waals surface area contributed by atoms with Crippen LogP contribution in [0.25, 0.3) is 22.4 Å². The summed E-state index contributed by atoms with van der Waals surface area (Å²) in [6.45, 7) is 0. The van der Waals surface area contributed by atoms with Gasteiger partial charge < -0.3 is 14.1 Å². The summed E-state index contributed by atoms with van der Waals surface area (Å²) in [5.74, 6) is 1.47. The predicted octanol–water partition coefficient (Wildman–Crippen LogP) is 3.48. The van der Waals surface area contributed by atoms with Crippen LogP contribution in [0.5, 0.6) is 5.75 Å². The van der Waals surface area contributed by atoms with Gasteiger partial charge in [-0.25, -0.2) is 4.98 Å². The highest BCUT2D eigenvalue weighted by Crippen LogP contribution is 2.29. The maximum Gasteiger partial charge on any atom is 0.203 e. The van der Waals surface area contributed by atoms with Crippen molar-refractivity contribution in [3.8, 4) is 17.1 Å². The fraction of sp³-hybridized carbons (Fsp3) is 0.0833. The lowest BCUT2D eigenvalue weighted by Crippen LogP contribution is -1.81. The van der Waals surface area contributed by atoms with E-state index in [-0.39, 0.29) is 0 Å². The molecule has 5 heteroatoms. The van der Waals surface area contributed by atoms with Crippen LogP contribution < -0.4 is 4.74 Å². The molecule has 17 heavy (non-hydrogen) atoms. The minimum absolute atomic E-state index is 0.330. The first-order chi connectivity index (χ1) is 8.28. The van der Waals surface area contributed by atoms with Gasteiger partial charge in [-0.05, 0) is 29.8 Å². The van der Waals surface area contributed by atoms with E-state index in [0.29, 0.717) is 11.0 Å². The van der Waals surface area contributed by atoms with Crippen molar-refractivity contribution in [3.63, 3.8) is 0 Å². The number of ether oxygens (including phenoxy) is 1. The van der Waals surface area contributed by atoms with E-state index >= 15 is 0 Å². The van der Waals surface area contributed by atoms with Crippen LogP contribution in [0.4, 0.5) is 0 Å². The summed E-state index contributed by atoms with van der Waals surface area (Å²) < 4.78 is 10.2. The Balaban J connectivity index is 2.17. The van der Waals surface area contributed by atoms with E-state index in [0.717, 1.165) is 22.3 Å². The third-order valence-corrected chi connectivity index (χ3v) is 2.85. The Hall–Kier alpha value is -1.94. The number of hydrogen-bond donors (Lipinski definition) is 1. The van der Waals surface area contributed by atoms with Crippen molar-refractivity contribution in [1.29, 1.82) is 0 Å². The number of imidazole rings is 1. The van der Waals surface area contributed by atoms with Gasteiger partial charge in [-0.15, -0.1) is 0 Å². The van der Waals surface area contributed by atoms with Crippen LogP contribution in [0.1, 0.15) is 0 Å². The molecule has 0 spiro atoms. The van der Waals surface area contributed by atoms with Gasteiger partial charge in [0.15, 0.2) is 0 Å². The van der Waals surface area contributed by atoms with Gasteiger partial charge in [-0.1, -0.05) is 0 Å². The largest absolute Gasteiger partial charge is 0.497 e. The molecule has 2 heterocycles. The van der Waals surface area contributed by atoms with Crippen molar-refractivity contribution in [1.82, 2.24) is 9.97 Å². The Morgan fingerprint density at radius 3 is 2.94 bits per heavy atom. The molecule has 0 bridgehead atoms. The first-order valence-corrected chi connectivity index (χ1v) is 5.43. The number of nitrogens with one attached hydrogen (secondary N) is 1. The molecule has 86 valence electrons. The van der Waals surface area contributed by atoms with E-state index in [1.807, 2.05) is 18.2 Å². The third-order valence-electron chi connectivity index (χ3n) is 2.56. The number of halogens is 1. The summed E-state index contributed by atoms with van der Waals surface area (Å²) in [7, 11) is 1.63. The van der Waals surface area contributed by atoms with Crippen LogP contribution in [0.2, 0.25) is 5.22 Å². The maximum absolute atomic E-state index is 5.91. The molecule has 0 saturated carbocycles. The number of aromatic nitrogens is 2. The quantitative estimate of drug-likeness (QED) is 0.755. The summed E-state index contributed by atoms with van der Waals surface area (Å²) in [6.07, 6.45) is 1.53. The molecule has 3 rings (SSSR count). The molecule has 3 aromatic rings. The zero-order valence-electron chi connectivity index (χ0n) is 9.03. The zero-order valence-corrected chi connectivity index (χ0v) is 9.78. The van der Waals surface area contributed by atoms with Crippen molar-refractivity contribution in [2.75, 3.05) is 7.11 Å². The number of furan rings is 1. The first-order valence-electron chi connectivity index (χ1n) is 5.05. The zero-order chi connectivity index (χ0) is 11.8. The smallest absolute Gasteiger partial charge is 0.203 e. The fourth-order valence-corrected chi connectivity index (χ4v) is 1.91. The Kier molecular flexibility index (Phi) is 2.30. The van der Waals surface area contributed by atoms with Gasteiger partial charge in [0.25, 0.3) is 0 Å². The Morgan fingerprint density at radius 2 is 2.24 bits per heavy atom. The number of methoxy groups -OCH3 is 1. The highest BCUT2D eigenvalue weighted by molar-refractivity contribution is 6.31. The van der Waals surface area contributed by atoms with Crippen molar-refractivity contribution in [2.24, 2.45) is 0 Å². The molecular weight excluding hydrogens is 240 g/mol. The number of benzene rings is 1. The standard InChI is InChI=1S/C12H9ClN2O2/c1-16-7-2-3-9-10(6-7)15-12(14-9)8-4-5-17-11(8)13/h2-6H,1H3,(H,14,15).